The largest absolute Gasteiger partial charge is 0.347 e. The van der Waals surface area contributed by atoms with Gasteiger partial charge in [-0.05, 0) is 49.1 Å². The van der Waals surface area contributed by atoms with Crippen molar-refractivity contribution in [1.82, 2.24) is 15.5 Å². The molecule has 2 N–H and O–H groups in total. The second kappa shape index (κ2) is 7.33. The fraction of sp³-hybridized carbons (Fsp3) is 0.571. The zero-order valence-corrected chi connectivity index (χ0v) is 16.5. The monoisotopic (exact) mass is 371 g/mol. The number of hydrogen-bond acceptors (Lipinski definition) is 3. The Hall–Kier alpha value is -2.37. The van der Waals surface area contributed by atoms with Crippen molar-refractivity contribution < 1.29 is 14.4 Å². The Kier molecular flexibility index (Phi) is 5.27. The van der Waals surface area contributed by atoms with E-state index in [0.717, 1.165) is 29.7 Å². The molecule has 0 radical (unpaired) electrons. The maximum absolute atomic E-state index is 12.7. The van der Waals surface area contributed by atoms with E-state index in [1.807, 2.05) is 26.0 Å². The van der Waals surface area contributed by atoms with Gasteiger partial charge in [0.25, 0.3) is 5.91 Å². The standard InChI is InChI=1S/C21H29N3O3/c1-5-14-6-8-15(9-7-14)18(13(2)3)22-17(25)12-24-19(26)21(4,16-10-11-16)23-20(24)27/h6-9,13,16,18H,5,10-12H2,1-4H3,(H,22,25)(H,23,27). The summed E-state index contributed by atoms with van der Waals surface area (Å²) in [4.78, 5) is 38.6. The number of nitrogens with zero attached hydrogens (tertiary/aromatic N) is 1. The third kappa shape index (κ3) is 3.84. The summed E-state index contributed by atoms with van der Waals surface area (Å²) in [6.07, 6.45) is 2.84. The van der Waals surface area contributed by atoms with Gasteiger partial charge in [0, 0.05) is 0 Å². The molecule has 1 aliphatic carbocycles. The number of rotatable bonds is 7. The van der Waals surface area contributed by atoms with Gasteiger partial charge in [0.15, 0.2) is 0 Å². The highest BCUT2D eigenvalue weighted by Gasteiger charge is 2.56. The summed E-state index contributed by atoms with van der Waals surface area (Å²) in [6, 6.07) is 7.55. The van der Waals surface area contributed by atoms with Crippen LogP contribution in [0.5, 0.6) is 0 Å². The predicted molar refractivity (Wildman–Crippen MR) is 103 cm³/mol. The van der Waals surface area contributed by atoms with E-state index in [0.29, 0.717) is 0 Å². The highest BCUT2D eigenvalue weighted by Crippen LogP contribution is 2.42. The molecule has 2 atom stereocenters. The minimum Gasteiger partial charge on any atom is -0.347 e. The van der Waals surface area contributed by atoms with Crippen molar-refractivity contribution in [2.75, 3.05) is 6.54 Å². The molecule has 1 saturated heterocycles. The number of hydrogen-bond donors (Lipinski definition) is 2. The Morgan fingerprint density at radius 1 is 1.26 bits per heavy atom. The molecule has 2 unspecified atom stereocenters. The second-order valence-corrected chi connectivity index (χ2v) is 8.18. The molecule has 1 saturated carbocycles. The van der Waals surface area contributed by atoms with Crippen LogP contribution in [0.25, 0.3) is 0 Å². The first kappa shape index (κ1) is 19.4. The normalized spacial score (nSPS) is 23.5. The Bertz CT molecular complexity index is 740. The highest BCUT2D eigenvalue weighted by atomic mass is 16.2. The van der Waals surface area contributed by atoms with E-state index in [1.165, 1.54) is 5.56 Å². The van der Waals surface area contributed by atoms with Crippen molar-refractivity contribution >= 4 is 17.8 Å². The molecular weight excluding hydrogens is 342 g/mol. The average molecular weight is 371 g/mol. The van der Waals surface area contributed by atoms with E-state index in [2.05, 4.69) is 29.7 Å². The molecule has 2 aliphatic rings. The van der Waals surface area contributed by atoms with Crippen molar-refractivity contribution in [2.24, 2.45) is 11.8 Å². The van der Waals surface area contributed by atoms with E-state index in [1.54, 1.807) is 6.92 Å². The predicted octanol–water partition coefficient (Wildman–Crippen LogP) is 2.78. The molecule has 1 aliphatic heterocycles. The Morgan fingerprint density at radius 3 is 2.41 bits per heavy atom. The van der Waals surface area contributed by atoms with Crippen LogP contribution >= 0.6 is 0 Å². The lowest BCUT2D eigenvalue weighted by molar-refractivity contribution is -0.135. The molecule has 146 valence electrons. The van der Waals surface area contributed by atoms with Crippen LogP contribution in [-0.2, 0) is 16.0 Å². The summed E-state index contributed by atoms with van der Waals surface area (Å²) in [5.74, 6) is -0.251. The summed E-state index contributed by atoms with van der Waals surface area (Å²) in [7, 11) is 0. The van der Waals surface area contributed by atoms with Crippen LogP contribution in [0, 0.1) is 11.8 Å². The van der Waals surface area contributed by atoms with Crippen LogP contribution in [0.2, 0.25) is 0 Å². The Morgan fingerprint density at radius 2 is 1.89 bits per heavy atom. The summed E-state index contributed by atoms with van der Waals surface area (Å²) in [5, 5.41) is 5.77. The van der Waals surface area contributed by atoms with Gasteiger partial charge in [0.2, 0.25) is 5.91 Å². The van der Waals surface area contributed by atoms with Crippen LogP contribution in [0.15, 0.2) is 24.3 Å². The number of amides is 4. The number of urea groups is 1. The van der Waals surface area contributed by atoms with Gasteiger partial charge in [0.1, 0.15) is 12.1 Å². The maximum atomic E-state index is 12.7. The molecule has 0 bridgehead atoms. The number of carbonyl (C=O) groups is 3. The topological polar surface area (TPSA) is 78.5 Å². The maximum Gasteiger partial charge on any atom is 0.325 e. The molecule has 1 aromatic carbocycles. The third-order valence-electron chi connectivity index (χ3n) is 5.73. The molecule has 2 fully saturated rings. The summed E-state index contributed by atoms with van der Waals surface area (Å²) in [5.41, 5.74) is 1.41. The molecule has 1 aromatic rings. The molecule has 6 heteroatoms. The van der Waals surface area contributed by atoms with Crippen LogP contribution in [-0.4, -0.2) is 34.8 Å². The molecule has 27 heavy (non-hydrogen) atoms. The molecule has 0 spiro atoms. The van der Waals surface area contributed by atoms with Gasteiger partial charge < -0.3 is 10.6 Å². The lowest BCUT2D eigenvalue weighted by atomic mass is 9.94. The number of nitrogens with one attached hydrogen (secondary N) is 2. The van der Waals surface area contributed by atoms with Crippen LogP contribution < -0.4 is 10.6 Å². The van der Waals surface area contributed by atoms with Crippen molar-refractivity contribution in [3.05, 3.63) is 35.4 Å². The van der Waals surface area contributed by atoms with Gasteiger partial charge in [-0.3, -0.25) is 14.5 Å². The lowest BCUT2D eigenvalue weighted by Crippen LogP contribution is -2.47. The zero-order valence-electron chi connectivity index (χ0n) is 16.5. The van der Waals surface area contributed by atoms with Gasteiger partial charge >= 0.3 is 6.03 Å². The average Bonchev–Trinajstić information content (AvgIpc) is 3.46. The van der Waals surface area contributed by atoms with Crippen LogP contribution in [0.4, 0.5) is 4.79 Å². The van der Waals surface area contributed by atoms with Crippen molar-refractivity contribution in [1.29, 1.82) is 0 Å². The van der Waals surface area contributed by atoms with Crippen LogP contribution in [0.3, 0.4) is 0 Å². The Labute approximate surface area is 160 Å². The van der Waals surface area contributed by atoms with Gasteiger partial charge in [-0.15, -0.1) is 0 Å². The van der Waals surface area contributed by atoms with E-state index in [4.69, 9.17) is 0 Å². The van der Waals surface area contributed by atoms with E-state index >= 15 is 0 Å². The number of benzene rings is 1. The molecule has 4 amide bonds. The van der Waals surface area contributed by atoms with Gasteiger partial charge in [0.05, 0.1) is 6.04 Å². The van der Waals surface area contributed by atoms with Crippen molar-refractivity contribution in [3.8, 4) is 0 Å². The van der Waals surface area contributed by atoms with Crippen molar-refractivity contribution in [2.45, 2.75) is 58.5 Å². The first-order chi connectivity index (χ1) is 12.8. The molecule has 1 heterocycles. The highest BCUT2D eigenvalue weighted by molar-refractivity contribution is 6.09. The Balaban J connectivity index is 1.67. The fourth-order valence-electron chi connectivity index (χ4n) is 3.75. The van der Waals surface area contributed by atoms with Gasteiger partial charge in [-0.2, -0.15) is 0 Å². The summed E-state index contributed by atoms with van der Waals surface area (Å²) < 4.78 is 0. The summed E-state index contributed by atoms with van der Waals surface area (Å²) >= 11 is 0. The summed E-state index contributed by atoms with van der Waals surface area (Å²) in [6.45, 7) is 7.69. The smallest absolute Gasteiger partial charge is 0.325 e. The van der Waals surface area contributed by atoms with E-state index in [9.17, 15) is 14.4 Å². The first-order valence-corrected chi connectivity index (χ1v) is 9.78. The second-order valence-electron chi connectivity index (χ2n) is 8.18. The molecule has 6 nitrogen and oxygen atoms in total. The number of imide groups is 1. The fourth-order valence-corrected chi connectivity index (χ4v) is 3.75. The number of carbonyl (C=O) groups excluding carboxylic acids is 3. The van der Waals surface area contributed by atoms with E-state index < -0.39 is 11.6 Å². The van der Waals surface area contributed by atoms with Crippen molar-refractivity contribution in [3.63, 3.8) is 0 Å². The van der Waals surface area contributed by atoms with Crippen LogP contribution in [0.1, 0.15) is 57.7 Å². The molecule has 0 aromatic heterocycles. The zero-order chi connectivity index (χ0) is 19.8. The lowest BCUT2D eigenvalue weighted by Gasteiger charge is -2.25. The minimum absolute atomic E-state index is 0.168. The van der Waals surface area contributed by atoms with Gasteiger partial charge in [-0.25, -0.2) is 4.79 Å². The number of aryl methyl sites for hydroxylation is 1. The van der Waals surface area contributed by atoms with Gasteiger partial charge in [-0.1, -0.05) is 45.0 Å². The SMILES string of the molecule is CCc1ccc(C(NC(=O)CN2C(=O)NC(C)(C3CC3)C2=O)C(C)C)cc1. The minimum atomic E-state index is -0.856. The quantitative estimate of drug-likeness (QED) is 0.724. The first-order valence-electron chi connectivity index (χ1n) is 9.78. The van der Waals surface area contributed by atoms with E-state index in [-0.39, 0.29) is 36.2 Å². The molecule has 3 rings (SSSR count). The molecular formula is C21H29N3O3. The third-order valence-corrected chi connectivity index (χ3v) is 5.73.